The van der Waals surface area contributed by atoms with Crippen molar-refractivity contribution in [2.75, 3.05) is 52.4 Å². The first kappa shape index (κ1) is 19.4. The van der Waals surface area contributed by atoms with Gasteiger partial charge in [0.2, 0.25) is 0 Å². The molecule has 2 saturated heterocycles. The first-order valence-corrected chi connectivity index (χ1v) is 9.02. The van der Waals surface area contributed by atoms with E-state index in [0.29, 0.717) is 26.2 Å². The van der Waals surface area contributed by atoms with Crippen molar-refractivity contribution in [1.82, 2.24) is 14.7 Å². The Morgan fingerprint density at radius 3 is 2.42 bits per heavy atom. The number of ether oxygens (including phenoxy) is 1. The van der Waals surface area contributed by atoms with Gasteiger partial charge in [-0.25, -0.2) is 4.79 Å². The lowest BCUT2D eigenvalue weighted by molar-refractivity contribution is 0.00694. The molecule has 1 amide bonds. The van der Waals surface area contributed by atoms with Crippen LogP contribution in [0.5, 0.6) is 0 Å². The summed E-state index contributed by atoms with van der Waals surface area (Å²) in [4.78, 5) is 18.2. The highest BCUT2D eigenvalue weighted by molar-refractivity contribution is 5.68. The summed E-state index contributed by atoms with van der Waals surface area (Å²) in [5, 5.41) is 19.7. The minimum atomic E-state index is -0.469. The Kier molecular flexibility index (Phi) is 6.86. The van der Waals surface area contributed by atoms with E-state index in [9.17, 15) is 15.0 Å². The molecular weight excluding hydrogens is 310 g/mol. The summed E-state index contributed by atoms with van der Waals surface area (Å²) in [6.07, 6.45) is 1.42. The molecule has 2 aliphatic rings. The molecule has 7 nitrogen and oxygen atoms in total. The normalized spacial score (nSPS) is 25.0. The van der Waals surface area contributed by atoms with E-state index >= 15 is 0 Å². The number of β-amino-alcohol motifs (C(OH)–C–C–N with tert-alkyl or cyclic N) is 1. The van der Waals surface area contributed by atoms with Crippen molar-refractivity contribution in [3.63, 3.8) is 0 Å². The Bertz CT molecular complexity index is 405. The van der Waals surface area contributed by atoms with Gasteiger partial charge in [0.15, 0.2) is 0 Å². The minimum Gasteiger partial charge on any atom is -0.444 e. The van der Waals surface area contributed by atoms with Gasteiger partial charge >= 0.3 is 6.09 Å². The maximum absolute atomic E-state index is 12.0. The molecule has 0 aromatic heterocycles. The zero-order valence-corrected chi connectivity index (χ0v) is 15.3. The maximum atomic E-state index is 12.0. The second kappa shape index (κ2) is 8.47. The van der Waals surface area contributed by atoms with E-state index in [1.807, 2.05) is 20.8 Å². The number of rotatable bonds is 5. The number of carbonyl (C=O) groups is 1. The van der Waals surface area contributed by atoms with Crippen LogP contribution in [0.1, 0.15) is 33.6 Å². The average molecular weight is 343 g/mol. The van der Waals surface area contributed by atoms with Crippen molar-refractivity contribution in [3.05, 3.63) is 0 Å². The summed E-state index contributed by atoms with van der Waals surface area (Å²) in [6, 6.07) is 0.198. The van der Waals surface area contributed by atoms with Gasteiger partial charge in [0, 0.05) is 45.3 Å². The quantitative estimate of drug-likeness (QED) is 0.750. The molecule has 0 saturated carbocycles. The highest BCUT2D eigenvalue weighted by Crippen LogP contribution is 2.17. The molecule has 2 N–H and O–H groups in total. The van der Waals surface area contributed by atoms with Gasteiger partial charge in [0.05, 0.1) is 12.7 Å². The monoisotopic (exact) mass is 343 g/mol. The van der Waals surface area contributed by atoms with E-state index in [4.69, 9.17) is 4.74 Å². The van der Waals surface area contributed by atoms with Gasteiger partial charge in [0.1, 0.15) is 5.60 Å². The van der Waals surface area contributed by atoms with Gasteiger partial charge in [-0.3, -0.25) is 9.80 Å². The van der Waals surface area contributed by atoms with Gasteiger partial charge in [-0.15, -0.1) is 0 Å². The SMILES string of the molecule is CC(C)(C)OC(=O)N1CCN(C[C@H](O)CN2CCC[C@@H]2CO)CC1. The number of aliphatic hydroxyl groups excluding tert-OH is 2. The molecule has 0 unspecified atom stereocenters. The number of carbonyl (C=O) groups excluding carboxylic acids is 1. The molecule has 2 rings (SSSR count). The molecule has 0 aromatic rings. The van der Waals surface area contributed by atoms with Crippen LogP contribution in [-0.2, 0) is 4.74 Å². The molecule has 0 radical (unpaired) electrons. The predicted octanol–water partition coefficient (Wildman–Crippen LogP) is 0.357. The van der Waals surface area contributed by atoms with Crippen LogP contribution in [-0.4, -0.2) is 101 Å². The van der Waals surface area contributed by atoms with Crippen LogP contribution in [0, 0.1) is 0 Å². The lowest BCUT2D eigenvalue weighted by atomic mass is 10.2. The summed E-state index contributed by atoms with van der Waals surface area (Å²) in [5.41, 5.74) is -0.469. The van der Waals surface area contributed by atoms with Gasteiger partial charge in [0.25, 0.3) is 0 Å². The lowest BCUT2D eigenvalue weighted by Gasteiger charge is -2.37. The zero-order chi connectivity index (χ0) is 17.7. The number of amides is 1. The topological polar surface area (TPSA) is 76.5 Å². The Balaban J connectivity index is 1.70. The third-order valence-electron chi connectivity index (χ3n) is 4.65. The summed E-state index contributed by atoms with van der Waals surface area (Å²) in [5.74, 6) is 0. The fourth-order valence-electron chi connectivity index (χ4n) is 3.41. The van der Waals surface area contributed by atoms with E-state index in [1.165, 1.54) is 0 Å². The fourth-order valence-corrected chi connectivity index (χ4v) is 3.41. The first-order chi connectivity index (χ1) is 11.3. The maximum Gasteiger partial charge on any atom is 0.410 e. The number of aliphatic hydroxyl groups is 2. The lowest BCUT2D eigenvalue weighted by Crippen LogP contribution is -2.52. The Hall–Kier alpha value is -0.890. The van der Waals surface area contributed by atoms with Crippen molar-refractivity contribution in [2.45, 2.75) is 51.4 Å². The van der Waals surface area contributed by atoms with Crippen molar-refractivity contribution in [2.24, 2.45) is 0 Å². The van der Waals surface area contributed by atoms with E-state index in [0.717, 1.165) is 32.5 Å². The third-order valence-corrected chi connectivity index (χ3v) is 4.65. The predicted molar refractivity (Wildman–Crippen MR) is 91.9 cm³/mol. The van der Waals surface area contributed by atoms with E-state index in [1.54, 1.807) is 4.90 Å². The average Bonchev–Trinajstić information content (AvgIpc) is 2.93. The zero-order valence-electron chi connectivity index (χ0n) is 15.3. The van der Waals surface area contributed by atoms with Crippen LogP contribution < -0.4 is 0 Å². The van der Waals surface area contributed by atoms with Crippen molar-refractivity contribution >= 4 is 6.09 Å². The molecule has 2 fully saturated rings. The van der Waals surface area contributed by atoms with E-state index in [-0.39, 0.29) is 18.7 Å². The van der Waals surface area contributed by atoms with E-state index < -0.39 is 11.7 Å². The number of hydrogen-bond donors (Lipinski definition) is 2. The fraction of sp³-hybridized carbons (Fsp3) is 0.941. The molecule has 0 bridgehead atoms. The van der Waals surface area contributed by atoms with Gasteiger partial charge in [-0.05, 0) is 40.2 Å². The molecule has 2 heterocycles. The third kappa shape index (κ3) is 5.88. The Morgan fingerprint density at radius 2 is 1.83 bits per heavy atom. The molecule has 140 valence electrons. The smallest absolute Gasteiger partial charge is 0.410 e. The van der Waals surface area contributed by atoms with E-state index in [2.05, 4.69) is 9.80 Å². The molecule has 0 aromatic carbocycles. The minimum absolute atomic E-state index is 0.168. The van der Waals surface area contributed by atoms with Crippen LogP contribution in [0.4, 0.5) is 4.79 Å². The molecule has 2 atom stereocenters. The molecule has 0 spiro atoms. The molecule has 7 heteroatoms. The van der Waals surface area contributed by atoms with Crippen LogP contribution in [0.2, 0.25) is 0 Å². The molecular formula is C17H33N3O4. The van der Waals surface area contributed by atoms with Gasteiger partial charge < -0.3 is 19.8 Å². The second-order valence-corrected chi connectivity index (χ2v) is 7.90. The van der Waals surface area contributed by atoms with Crippen LogP contribution in [0.15, 0.2) is 0 Å². The summed E-state index contributed by atoms with van der Waals surface area (Å²) < 4.78 is 5.40. The Labute approximate surface area is 145 Å². The van der Waals surface area contributed by atoms with Crippen LogP contribution >= 0.6 is 0 Å². The second-order valence-electron chi connectivity index (χ2n) is 7.90. The van der Waals surface area contributed by atoms with Crippen molar-refractivity contribution in [1.29, 1.82) is 0 Å². The molecule has 2 aliphatic heterocycles. The van der Waals surface area contributed by atoms with Crippen LogP contribution in [0.25, 0.3) is 0 Å². The summed E-state index contributed by atoms with van der Waals surface area (Å²) in [6.45, 7) is 10.7. The largest absolute Gasteiger partial charge is 0.444 e. The number of hydrogen-bond acceptors (Lipinski definition) is 6. The highest BCUT2D eigenvalue weighted by atomic mass is 16.6. The van der Waals surface area contributed by atoms with Gasteiger partial charge in [-0.2, -0.15) is 0 Å². The molecule has 24 heavy (non-hydrogen) atoms. The first-order valence-electron chi connectivity index (χ1n) is 9.02. The number of piperazine rings is 1. The van der Waals surface area contributed by atoms with Crippen molar-refractivity contribution in [3.8, 4) is 0 Å². The van der Waals surface area contributed by atoms with Crippen LogP contribution in [0.3, 0.4) is 0 Å². The van der Waals surface area contributed by atoms with Crippen molar-refractivity contribution < 1.29 is 19.7 Å². The number of nitrogens with zero attached hydrogens (tertiary/aromatic N) is 3. The number of likely N-dealkylation sites (tertiary alicyclic amines) is 1. The standard InChI is InChI=1S/C17H33N3O4/c1-17(2,3)24-16(23)19-9-7-18(8-10-19)11-15(22)12-20-6-4-5-14(20)13-21/h14-15,21-22H,4-13H2,1-3H3/t14-,15+/m1/s1. The summed E-state index contributed by atoms with van der Waals surface area (Å²) in [7, 11) is 0. The van der Waals surface area contributed by atoms with Gasteiger partial charge in [-0.1, -0.05) is 0 Å². The Morgan fingerprint density at radius 1 is 1.17 bits per heavy atom. The molecule has 0 aliphatic carbocycles. The highest BCUT2D eigenvalue weighted by Gasteiger charge is 2.29. The summed E-state index contributed by atoms with van der Waals surface area (Å²) >= 11 is 0.